The molecule has 0 radical (unpaired) electrons. The third kappa shape index (κ3) is 2.71. The van der Waals surface area contributed by atoms with Crippen molar-refractivity contribution in [2.75, 3.05) is 13.2 Å². The largest absolute Gasteiger partial charge is 0.379 e. The van der Waals surface area contributed by atoms with Gasteiger partial charge in [-0.15, -0.1) is 0 Å². The van der Waals surface area contributed by atoms with Gasteiger partial charge in [-0.05, 0) is 35.6 Å². The lowest BCUT2D eigenvalue weighted by atomic mass is 9.93. The summed E-state index contributed by atoms with van der Waals surface area (Å²) in [5, 5.41) is 3.27. The van der Waals surface area contributed by atoms with Crippen LogP contribution in [0.2, 0.25) is 0 Å². The second-order valence-electron chi connectivity index (χ2n) is 6.63. The van der Waals surface area contributed by atoms with Gasteiger partial charge in [-0.3, -0.25) is 4.98 Å². The molecule has 130 valence electrons. The molecule has 6 heteroatoms. The van der Waals surface area contributed by atoms with Gasteiger partial charge in [0.1, 0.15) is 5.82 Å². The quantitative estimate of drug-likeness (QED) is 0.551. The average molecular weight is 362 g/mol. The van der Waals surface area contributed by atoms with E-state index in [9.17, 15) is 0 Å². The molecular formula is C20H18N4OS. The molecule has 1 aliphatic heterocycles. The molecule has 1 aliphatic rings. The summed E-state index contributed by atoms with van der Waals surface area (Å²) in [6.45, 7) is 1.48. The Labute approximate surface area is 155 Å². The summed E-state index contributed by atoms with van der Waals surface area (Å²) in [6.07, 6.45) is 8.67. The zero-order valence-corrected chi connectivity index (χ0v) is 15.0. The molecule has 1 aromatic carbocycles. The second kappa shape index (κ2) is 6.63. The maximum atomic E-state index is 5.87. The third-order valence-corrected chi connectivity index (χ3v) is 5.69. The van der Waals surface area contributed by atoms with Crippen LogP contribution in [0.15, 0.2) is 60.5 Å². The van der Waals surface area contributed by atoms with E-state index < -0.39 is 0 Å². The molecule has 1 saturated heterocycles. The normalized spacial score (nSPS) is 20.0. The molecule has 2 atom stereocenters. The Hall–Kier alpha value is -2.57. The highest BCUT2D eigenvalue weighted by molar-refractivity contribution is 7.03. The molecule has 5 nitrogen and oxygen atoms in total. The van der Waals surface area contributed by atoms with Crippen LogP contribution in [0.25, 0.3) is 22.3 Å². The monoisotopic (exact) mass is 362 g/mol. The van der Waals surface area contributed by atoms with E-state index >= 15 is 0 Å². The van der Waals surface area contributed by atoms with E-state index in [1.807, 2.05) is 30.0 Å². The van der Waals surface area contributed by atoms with E-state index in [0.717, 1.165) is 29.9 Å². The van der Waals surface area contributed by atoms with Crippen LogP contribution in [-0.4, -0.2) is 32.1 Å². The number of fused-ring (bicyclic) bond motifs is 1. The molecule has 0 unspecified atom stereocenters. The Balaban J connectivity index is 1.48. The molecule has 4 heterocycles. The van der Waals surface area contributed by atoms with Crippen LogP contribution in [0.4, 0.5) is 0 Å². The van der Waals surface area contributed by atoms with Crippen LogP contribution < -0.4 is 0 Å². The predicted molar refractivity (Wildman–Crippen MR) is 102 cm³/mol. The zero-order valence-electron chi connectivity index (χ0n) is 14.2. The summed E-state index contributed by atoms with van der Waals surface area (Å²) in [4.78, 5) is 9.04. The lowest BCUT2D eigenvalue weighted by molar-refractivity contribution is 0.181. The SMILES string of the molecule is c1ccc2c(C[C@H]3COC[C@H]3n3ccnc3-c3cnsc3)ccnc2c1. The predicted octanol–water partition coefficient (Wildman–Crippen LogP) is 3.99. The smallest absolute Gasteiger partial charge is 0.142 e. The zero-order chi connectivity index (χ0) is 17.3. The average Bonchev–Trinajstić information content (AvgIpc) is 3.42. The van der Waals surface area contributed by atoms with Crippen LogP contribution in [0, 0.1) is 5.92 Å². The van der Waals surface area contributed by atoms with E-state index in [4.69, 9.17) is 4.74 Å². The summed E-state index contributed by atoms with van der Waals surface area (Å²) in [5.74, 6) is 1.37. The van der Waals surface area contributed by atoms with Crippen molar-refractivity contribution in [1.82, 2.24) is 18.9 Å². The fourth-order valence-corrected chi connectivity index (χ4v) is 4.34. The molecule has 5 rings (SSSR count). The van der Waals surface area contributed by atoms with Crippen molar-refractivity contribution in [2.45, 2.75) is 12.5 Å². The van der Waals surface area contributed by atoms with Gasteiger partial charge in [0.25, 0.3) is 0 Å². The Bertz CT molecular complexity index is 1020. The number of benzene rings is 1. The standard InChI is InChI=1S/C20H18N4OS/c1-2-4-18-17(3-1)14(5-6-21-18)9-15-11-25-12-19(15)24-8-7-22-20(24)16-10-23-26-13-16/h1-8,10,13,15,19H,9,11-12H2/t15-,19+/m0/s1. The van der Waals surface area contributed by atoms with Gasteiger partial charge in [0.15, 0.2) is 0 Å². The molecule has 26 heavy (non-hydrogen) atoms. The third-order valence-electron chi connectivity index (χ3n) is 5.10. The van der Waals surface area contributed by atoms with Gasteiger partial charge in [-0.25, -0.2) is 9.36 Å². The molecule has 0 amide bonds. The number of hydrogen-bond donors (Lipinski definition) is 0. The van der Waals surface area contributed by atoms with E-state index in [0.29, 0.717) is 12.5 Å². The maximum absolute atomic E-state index is 5.87. The highest BCUT2D eigenvalue weighted by atomic mass is 32.1. The fraction of sp³-hybridized carbons (Fsp3) is 0.250. The number of ether oxygens (including phenoxy) is 1. The molecule has 0 N–H and O–H groups in total. The van der Waals surface area contributed by atoms with Crippen LogP contribution >= 0.6 is 11.5 Å². The van der Waals surface area contributed by atoms with Crippen molar-refractivity contribution < 1.29 is 4.74 Å². The van der Waals surface area contributed by atoms with Crippen molar-refractivity contribution in [2.24, 2.45) is 5.92 Å². The molecule has 0 aliphatic carbocycles. The number of rotatable bonds is 4. The first-order valence-electron chi connectivity index (χ1n) is 8.73. The Morgan fingerprint density at radius 1 is 1.12 bits per heavy atom. The minimum absolute atomic E-state index is 0.277. The van der Waals surface area contributed by atoms with Crippen LogP contribution in [0.5, 0.6) is 0 Å². The summed E-state index contributed by atoms with van der Waals surface area (Å²) in [6, 6.07) is 10.7. The highest BCUT2D eigenvalue weighted by Gasteiger charge is 2.31. The minimum Gasteiger partial charge on any atom is -0.379 e. The maximum Gasteiger partial charge on any atom is 0.142 e. The van der Waals surface area contributed by atoms with E-state index in [2.05, 4.69) is 49.4 Å². The van der Waals surface area contributed by atoms with E-state index in [1.54, 1.807) is 0 Å². The van der Waals surface area contributed by atoms with E-state index in [1.165, 1.54) is 22.5 Å². The van der Waals surface area contributed by atoms with Crippen molar-refractivity contribution in [3.63, 3.8) is 0 Å². The Morgan fingerprint density at radius 2 is 2.08 bits per heavy atom. The lowest BCUT2D eigenvalue weighted by Crippen LogP contribution is -2.20. The first-order valence-corrected chi connectivity index (χ1v) is 9.57. The highest BCUT2D eigenvalue weighted by Crippen LogP contribution is 2.33. The van der Waals surface area contributed by atoms with Crippen LogP contribution in [0.1, 0.15) is 11.6 Å². The molecule has 0 bridgehead atoms. The van der Waals surface area contributed by atoms with Crippen LogP contribution in [-0.2, 0) is 11.2 Å². The summed E-state index contributed by atoms with van der Waals surface area (Å²) < 4.78 is 12.3. The number of para-hydroxylation sites is 1. The summed E-state index contributed by atoms with van der Waals surface area (Å²) in [7, 11) is 0. The molecule has 3 aromatic heterocycles. The molecule has 4 aromatic rings. The van der Waals surface area contributed by atoms with Crippen molar-refractivity contribution in [1.29, 1.82) is 0 Å². The first-order chi connectivity index (χ1) is 12.9. The van der Waals surface area contributed by atoms with Crippen LogP contribution in [0.3, 0.4) is 0 Å². The molecule has 0 spiro atoms. The second-order valence-corrected chi connectivity index (χ2v) is 7.28. The van der Waals surface area contributed by atoms with Gasteiger partial charge >= 0.3 is 0 Å². The van der Waals surface area contributed by atoms with E-state index in [-0.39, 0.29) is 6.04 Å². The van der Waals surface area contributed by atoms with Gasteiger partial charge in [0.05, 0.1) is 31.0 Å². The van der Waals surface area contributed by atoms with Gasteiger partial charge in [-0.1, -0.05) is 18.2 Å². The van der Waals surface area contributed by atoms with Crippen molar-refractivity contribution >= 4 is 22.4 Å². The molecule has 1 fully saturated rings. The number of pyridine rings is 1. The molecule has 0 saturated carbocycles. The Kier molecular flexibility index (Phi) is 3.99. The van der Waals surface area contributed by atoms with Gasteiger partial charge < -0.3 is 9.30 Å². The van der Waals surface area contributed by atoms with Crippen molar-refractivity contribution in [3.05, 3.63) is 66.1 Å². The van der Waals surface area contributed by atoms with Gasteiger partial charge in [0, 0.05) is 40.8 Å². The fourth-order valence-electron chi connectivity index (χ4n) is 3.82. The number of hydrogen-bond acceptors (Lipinski definition) is 5. The topological polar surface area (TPSA) is 52.8 Å². The van der Waals surface area contributed by atoms with Crippen molar-refractivity contribution in [3.8, 4) is 11.4 Å². The lowest BCUT2D eigenvalue weighted by Gasteiger charge is -2.21. The summed E-state index contributed by atoms with van der Waals surface area (Å²) in [5.41, 5.74) is 3.45. The van der Waals surface area contributed by atoms with Gasteiger partial charge in [0.2, 0.25) is 0 Å². The first kappa shape index (κ1) is 15.7. The summed E-state index contributed by atoms with van der Waals surface area (Å²) >= 11 is 1.45. The Morgan fingerprint density at radius 3 is 3.00 bits per heavy atom. The van der Waals surface area contributed by atoms with Gasteiger partial charge in [-0.2, -0.15) is 0 Å². The number of imidazole rings is 1. The number of nitrogens with zero attached hydrogens (tertiary/aromatic N) is 4. The molecular weight excluding hydrogens is 344 g/mol. The minimum atomic E-state index is 0.277. The number of aromatic nitrogens is 4.